The number of phenolic OH excluding ortho intramolecular Hbond substituents is 1. The predicted octanol–water partition coefficient (Wildman–Crippen LogP) is 5.64. The van der Waals surface area contributed by atoms with Crippen LogP contribution in [0.3, 0.4) is 0 Å². The van der Waals surface area contributed by atoms with E-state index in [-0.39, 0.29) is 52.0 Å². The van der Waals surface area contributed by atoms with Crippen molar-refractivity contribution < 1.29 is 24.3 Å². The van der Waals surface area contributed by atoms with Crippen molar-refractivity contribution in [2.75, 3.05) is 0 Å². The van der Waals surface area contributed by atoms with Crippen LogP contribution in [-0.4, -0.2) is 39.4 Å². The molecule has 7 rings (SSSR count). The number of ketones is 2. The second-order valence-corrected chi connectivity index (χ2v) is 12.3. The van der Waals surface area contributed by atoms with Gasteiger partial charge in [-0.15, -0.1) is 0 Å². The standard InChI is InChI=1S/C32H28BrNO5/c33-24-15-26(36)29-23(30(24)37)14-22-20(27(29)19-12-13-25(35)18-9-5-4-8-17(18)19)10-11-21-28(22)32(39)34(31(21)38)16-6-2-1-3-7-16/h4-5,8-10,12-13,15-16,21-22,27-28,35H,1-3,6-7,11,14H2/t21-,22+,27-,28-/m0/s1. The Morgan fingerprint density at radius 1 is 0.872 bits per heavy atom. The van der Waals surface area contributed by atoms with Gasteiger partial charge in [0.1, 0.15) is 5.75 Å². The van der Waals surface area contributed by atoms with E-state index in [9.17, 15) is 24.3 Å². The zero-order valence-corrected chi connectivity index (χ0v) is 22.9. The van der Waals surface area contributed by atoms with Gasteiger partial charge < -0.3 is 5.11 Å². The molecule has 7 heteroatoms. The van der Waals surface area contributed by atoms with Crippen molar-refractivity contribution in [3.63, 3.8) is 0 Å². The number of nitrogens with zero attached hydrogens (tertiary/aromatic N) is 1. The molecule has 39 heavy (non-hydrogen) atoms. The summed E-state index contributed by atoms with van der Waals surface area (Å²) in [4.78, 5) is 56.2. The number of phenols is 1. The van der Waals surface area contributed by atoms with Crippen LogP contribution in [0.1, 0.15) is 56.4 Å². The second kappa shape index (κ2) is 9.12. The van der Waals surface area contributed by atoms with Crippen LogP contribution in [0.15, 0.2) is 69.8 Å². The normalized spacial score (nSPS) is 29.3. The molecule has 2 aromatic carbocycles. The van der Waals surface area contributed by atoms with Crippen LogP contribution in [0.4, 0.5) is 0 Å². The van der Waals surface area contributed by atoms with Gasteiger partial charge in [0.15, 0.2) is 11.6 Å². The molecule has 0 unspecified atom stereocenters. The van der Waals surface area contributed by atoms with Crippen molar-refractivity contribution in [2.45, 2.75) is 56.9 Å². The minimum absolute atomic E-state index is 0.0435. The number of allylic oxidation sites excluding steroid dienone is 6. The summed E-state index contributed by atoms with van der Waals surface area (Å²) in [7, 11) is 0. The molecular formula is C32H28BrNO5. The highest BCUT2D eigenvalue weighted by Crippen LogP contribution is 2.56. The molecule has 1 N–H and O–H groups in total. The van der Waals surface area contributed by atoms with E-state index >= 15 is 0 Å². The predicted molar refractivity (Wildman–Crippen MR) is 149 cm³/mol. The smallest absolute Gasteiger partial charge is 0.233 e. The van der Waals surface area contributed by atoms with Gasteiger partial charge in [0, 0.05) is 34.6 Å². The molecule has 4 atom stereocenters. The molecule has 0 bridgehead atoms. The van der Waals surface area contributed by atoms with E-state index in [0.29, 0.717) is 23.0 Å². The first-order valence-corrected chi connectivity index (χ1v) is 14.6. The third-order valence-corrected chi connectivity index (χ3v) is 10.1. The van der Waals surface area contributed by atoms with Crippen molar-refractivity contribution in [1.82, 2.24) is 4.90 Å². The topological polar surface area (TPSA) is 91.8 Å². The summed E-state index contributed by atoms with van der Waals surface area (Å²) >= 11 is 3.29. The largest absolute Gasteiger partial charge is 0.507 e. The maximum Gasteiger partial charge on any atom is 0.233 e. The lowest BCUT2D eigenvalue weighted by Crippen LogP contribution is -2.43. The third kappa shape index (κ3) is 3.58. The molecule has 5 aliphatic rings. The van der Waals surface area contributed by atoms with Crippen LogP contribution in [0.25, 0.3) is 10.8 Å². The Labute approximate surface area is 234 Å². The number of fused-ring (bicyclic) bond motifs is 4. The molecule has 2 aromatic rings. The minimum atomic E-state index is -0.537. The highest BCUT2D eigenvalue weighted by atomic mass is 79.9. The number of aromatic hydroxyl groups is 1. The number of amides is 2. The first-order valence-electron chi connectivity index (χ1n) is 13.8. The number of rotatable bonds is 2. The Bertz CT molecular complexity index is 1580. The number of Topliss-reactive ketones (excluding diaryl/α,β-unsaturated/α-hetero) is 1. The van der Waals surface area contributed by atoms with Crippen LogP contribution in [0, 0.1) is 17.8 Å². The highest BCUT2D eigenvalue weighted by Gasteiger charge is 2.57. The number of carbonyl (C=O) groups is 4. The molecule has 1 aliphatic heterocycles. The fourth-order valence-electron chi connectivity index (χ4n) is 7.84. The zero-order valence-electron chi connectivity index (χ0n) is 21.4. The minimum Gasteiger partial charge on any atom is -0.507 e. The number of carbonyl (C=O) groups excluding carboxylic acids is 4. The van der Waals surface area contributed by atoms with Crippen LogP contribution >= 0.6 is 15.9 Å². The molecule has 1 heterocycles. The quantitative estimate of drug-likeness (QED) is 0.280. The van der Waals surface area contributed by atoms with Crippen molar-refractivity contribution in [1.29, 1.82) is 0 Å². The van der Waals surface area contributed by atoms with Crippen LogP contribution < -0.4 is 0 Å². The highest BCUT2D eigenvalue weighted by molar-refractivity contribution is 9.12. The lowest BCUT2D eigenvalue weighted by atomic mass is 9.59. The SMILES string of the molecule is O=C1C=C(Br)C(=O)C2=C1[C@@H](c1ccc(O)c3ccccc13)C1=CC[C@@H]3C(=O)N(C4CCCCC4)C(=O)[C@@H]3[C@@H]1C2. The number of hydrogen-bond donors (Lipinski definition) is 1. The second-order valence-electron chi connectivity index (χ2n) is 11.5. The van der Waals surface area contributed by atoms with Crippen molar-refractivity contribution >= 4 is 50.1 Å². The van der Waals surface area contributed by atoms with Gasteiger partial charge in [0.05, 0.1) is 16.3 Å². The lowest BCUT2D eigenvalue weighted by Gasteiger charge is -2.42. The van der Waals surface area contributed by atoms with E-state index in [1.54, 1.807) is 11.0 Å². The molecular weight excluding hydrogens is 558 g/mol. The summed E-state index contributed by atoms with van der Waals surface area (Å²) in [6.45, 7) is 0. The maximum atomic E-state index is 14.0. The van der Waals surface area contributed by atoms with Crippen LogP contribution in [-0.2, 0) is 19.2 Å². The van der Waals surface area contributed by atoms with E-state index in [1.807, 2.05) is 30.3 Å². The monoisotopic (exact) mass is 585 g/mol. The molecule has 198 valence electrons. The Balaban J connectivity index is 1.40. The first-order chi connectivity index (χ1) is 18.9. The summed E-state index contributed by atoms with van der Waals surface area (Å²) in [5.41, 5.74) is 2.63. The first kappa shape index (κ1) is 24.7. The van der Waals surface area contributed by atoms with Crippen molar-refractivity contribution in [2.24, 2.45) is 17.8 Å². The van der Waals surface area contributed by atoms with Crippen molar-refractivity contribution in [3.05, 3.63) is 75.3 Å². The van der Waals surface area contributed by atoms with E-state index in [0.717, 1.165) is 48.6 Å². The van der Waals surface area contributed by atoms with Gasteiger partial charge >= 0.3 is 0 Å². The Morgan fingerprint density at radius 3 is 2.38 bits per heavy atom. The molecule has 1 saturated carbocycles. The van der Waals surface area contributed by atoms with Crippen LogP contribution in [0.5, 0.6) is 5.75 Å². The van der Waals surface area contributed by atoms with E-state index in [1.165, 1.54) is 6.08 Å². The number of halogens is 1. The molecule has 2 fully saturated rings. The molecule has 6 nitrogen and oxygen atoms in total. The average Bonchev–Trinajstić information content (AvgIpc) is 3.21. The van der Waals surface area contributed by atoms with Gasteiger partial charge in [0.25, 0.3) is 0 Å². The third-order valence-electron chi connectivity index (χ3n) is 9.55. The van der Waals surface area contributed by atoms with E-state index in [2.05, 4.69) is 22.0 Å². The van der Waals surface area contributed by atoms with Gasteiger partial charge in [-0.1, -0.05) is 61.2 Å². The fourth-order valence-corrected chi connectivity index (χ4v) is 8.29. The van der Waals surface area contributed by atoms with Gasteiger partial charge in [0.2, 0.25) is 11.8 Å². The van der Waals surface area contributed by atoms with Crippen LogP contribution in [0.2, 0.25) is 0 Å². The summed E-state index contributed by atoms with van der Waals surface area (Å²) in [5, 5.41) is 12.0. The Hall–Kier alpha value is -3.32. The molecule has 2 amide bonds. The van der Waals surface area contributed by atoms with Gasteiger partial charge in [-0.05, 0) is 64.5 Å². The zero-order chi connectivity index (χ0) is 27.0. The van der Waals surface area contributed by atoms with Gasteiger partial charge in [-0.3, -0.25) is 24.1 Å². The fraction of sp³-hybridized carbons (Fsp3) is 0.375. The average molecular weight is 586 g/mol. The van der Waals surface area contributed by atoms with Crippen molar-refractivity contribution in [3.8, 4) is 5.75 Å². The number of imide groups is 1. The number of likely N-dealkylation sites (tertiary alicyclic amines) is 1. The van der Waals surface area contributed by atoms with E-state index < -0.39 is 17.8 Å². The Kier molecular flexibility index (Phi) is 5.78. The summed E-state index contributed by atoms with van der Waals surface area (Å²) in [6, 6.07) is 10.9. The molecule has 0 radical (unpaired) electrons. The molecule has 0 spiro atoms. The summed E-state index contributed by atoms with van der Waals surface area (Å²) < 4.78 is 0.220. The van der Waals surface area contributed by atoms with Gasteiger partial charge in [-0.25, -0.2) is 0 Å². The number of hydrogen-bond acceptors (Lipinski definition) is 5. The maximum absolute atomic E-state index is 14.0. The Morgan fingerprint density at radius 2 is 1.62 bits per heavy atom. The summed E-state index contributed by atoms with van der Waals surface area (Å²) in [5.74, 6) is -2.36. The molecule has 0 aromatic heterocycles. The molecule has 4 aliphatic carbocycles. The van der Waals surface area contributed by atoms with Gasteiger partial charge in [-0.2, -0.15) is 0 Å². The molecule has 1 saturated heterocycles. The van der Waals surface area contributed by atoms with E-state index in [4.69, 9.17) is 0 Å². The lowest BCUT2D eigenvalue weighted by molar-refractivity contribution is -0.143. The summed E-state index contributed by atoms with van der Waals surface area (Å²) in [6.07, 6.45) is 8.99. The number of benzene rings is 2.